The summed E-state index contributed by atoms with van der Waals surface area (Å²) in [5.41, 5.74) is 0.649. The quantitative estimate of drug-likeness (QED) is 0.719. The summed E-state index contributed by atoms with van der Waals surface area (Å²) in [6.07, 6.45) is 3.91. The van der Waals surface area contributed by atoms with Gasteiger partial charge in [-0.15, -0.1) is 0 Å². The van der Waals surface area contributed by atoms with Crippen molar-refractivity contribution in [1.29, 1.82) is 0 Å². The van der Waals surface area contributed by atoms with Crippen LogP contribution in [0.5, 0.6) is 0 Å². The molecule has 0 radical (unpaired) electrons. The van der Waals surface area contributed by atoms with Gasteiger partial charge in [0.05, 0.1) is 44.1 Å². The average molecular weight is 303 g/mol. The van der Waals surface area contributed by atoms with Crippen LogP contribution in [0.1, 0.15) is 6.42 Å². The number of aromatic nitrogens is 1. The van der Waals surface area contributed by atoms with E-state index in [0.29, 0.717) is 24.4 Å². The van der Waals surface area contributed by atoms with Crippen LogP contribution in [0.4, 0.5) is 10.5 Å². The summed E-state index contributed by atoms with van der Waals surface area (Å²) < 4.78 is 15.7. The van der Waals surface area contributed by atoms with Crippen molar-refractivity contribution in [2.24, 2.45) is 0 Å². The Morgan fingerprint density at radius 3 is 2.55 bits per heavy atom. The van der Waals surface area contributed by atoms with E-state index in [1.807, 2.05) is 0 Å². The highest BCUT2D eigenvalue weighted by Gasteiger charge is 2.22. The lowest BCUT2D eigenvalue weighted by Crippen LogP contribution is -2.30. The van der Waals surface area contributed by atoms with Gasteiger partial charge in [-0.3, -0.25) is 17.5 Å². The van der Waals surface area contributed by atoms with Crippen LogP contribution in [0.3, 0.4) is 0 Å². The minimum Gasteiger partial charge on any atom is -0.338 e. The summed E-state index contributed by atoms with van der Waals surface area (Å²) >= 11 is 0. The maximum atomic E-state index is 11.6. The van der Waals surface area contributed by atoms with Crippen molar-refractivity contribution in [3.63, 3.8) is 0 Å². The number of hydrogen-bond donors (Lipinski definition) is 2. The summed E-state index contributed by atoms with van der Waals surface area (Å²) in [6.45, 7) is 0.497. The van der Waals surface area contributed by atoms with Gasteiger partial charge in [-0.25, -0.2) is 4.79 Å². The third kappa shape index (κ3) is 5.33. The molecule has 114 valence electrons. The Bertz CT molecular complexity index is 393. The van der Waals surface area contributed by atoms with Crippen LogP contribution in [0.2, 0.25) is 0 Å². The number of carbonyl (C=O) groups is 1. The second-order valence-electron chi connectivity index (χ2n) is 3.74. The highest BCUT2D eigenvalue weighted by molar-refractivity contribution is 8.21. The van der Waals surface area contributed by atoms with E-state index in [1.165, 1.54) is 0 Å². The maximum Gasteiger partial charge on any atom is 0.319 e. The van der Waals surface area contributed by atoms with Crippen LogP contribution in [0.25, 0.3) is 0 Å². The molecule has 0 aliphatic carbocycles. The molecule has 2 N–H and O–H groups in total. The Hall–Kier alpha value is -1.35. The van der Waals surface area contributed by atoms with E-state index in [-0.39, 0.29) is 6.03 Å². The van der Waals surface area contributed by atoms with Crippen molar-refractivity contribution in [3.05, 3.63) is 24.5 Å². The molecule has 0 saturated carbocycles. The predicted octanol–water partition coefficient (Wildman–Crippen LogP) is 2.08. The van der Waals surface area contributed by atoms with Crippen molar-refractivity contribution >= 4 is 22.6 Å². The van der Waals surface area contributed by atoms with Gasteiger partial charge in [0.15, 0.2) is 0 Å². The van der Waals surface area contributed by atoms with Crippen LogP contribution >= 0.6 is 10.9 Å². The number of hydrogen-bond acceptors (Lipinski definition) is 5. The van der Waals surface area contributed by atoms with E-state index in [0.717, 1.165) is 0 Å². The molecule has 2 amide bonds. The number of nitrogens with one attached hydrogen (secondary N) is 2. The molecular weight excluding hydrogens is 282 g/mol. The van der Waals surface area contributed by atoms with Gasteiger partial charge in [-0.05, 0) is 18.6 Å². The third-order valence-corrected chi connectivity index (χ3v) is 4.85. The lowest BCUT2D eigenvalue weighted by atomic mass is 10.4. The van der Waals surface area contributed by atoms with Crippen molar-refractivity contribution in [2.45, 2.75) is 6.42 Å². The first-order valence-corrected chi connectivity index (χ1v) is 7.66. The number of pyridine rings is 1. The number of urea groups is 1. The van der Waals surface area contributed by atoms with E-state index < -0.39 is 10.9 Å². The highest BCUT2D eigenvalue weighted by Crippen LogP contribution is 2.49. The fraction of sp³-hybridized carbons (Fsp3) is 0.500. The zero-order valence-corrected chi connectivity index (χ0v) is 12.7. The number of carbonyl (C=O) groups excluding carboxylic acids is 1. The number of nitrogens with zero attached hydrogens (tertiary/aromatic N) is 1. The molecule has 0 aliphatic heterocycles. The first-order chi connectivity index (χ1) is 9.65. The topological polar surface area (TPSA) is 81.7 Å². The molecule has 1 aromatic rings. The van der Waals surface area contributed by atoms with Gasteiger partial charge in [0.25, 0.3) is 0 Å². The fourth-order valence-corrected chi connectivity index (χ4v) is 2.92. The van der Waals surface area contributed by atoms with E-state index in [9.17, 15) is 4.79 Å². The predicted molar refractivity (Wildman–Crippen MR) is 79.4 cm³/mol. The lowest BCUT2D eigenvalue weighted by Gasteiger charge is -2.33. The first-order valence-electron chi connectivity index (χ1n) is 6.08. The van der Waals surface area contributed by atoms with Gasteiger partial charge >= 0.3 is 6.03 Å². The molecule has 0 aromatic carbocycles. The summed E-state index contributed by atoms with van der Waals surface area (Å²) in [5.74, 6) is 0.587. The maximum absolute atomic E-state index is 11.6. The average Bonchev–Trinajstić information content (AvgIpc) is 2.49. The van der Waals surface area contributed by atoms with Crippen LogP contribution in [0.15, 0.2) is 24.5 Å². The molecule has 0 fully saturated rings. The summed E-state index contributed by atoms with van der Waals surface area (Å²) in [4.78, 5) is 15.5. The van der Waals surface area contributed by atoms with Gasteiger partial charge in [0.2, 0.25) is 0 Å². The van der Waals surface area contributed by atoms with E-state index in [1.54, 1.807) is 45.9 Å². The fourth-order valence-electron chi connectivity index (χ4n) is 1.52. The Morgan fingerprint density at radius 1 is 1.30 bits per heavy atom. The second kappa shape index (κ2) is 8.75. The highest BCUT2D eigenvalue weighted by atomic mass is 32.3. The molecule has 0 saturated heterocycles. The van der Waals surface area contributed by atoms with Crippen molar-refractivity contribution in [2.75, 3.05) is 38.9 Å². The molecule has 0 bridgehead atoms. The van der Waals surface area contributed by atoms with Crippen LogP contribution in [-0.2, 0) is 12.5 Å². The Balaban J connectivity index is 2.25. The van der Waals surface area contributed by atoms with Crippen molar-refractivity contribution < 1.29 is 17.3 Å². The van der Waals surface area contributed by atoms with Crippen LogP contribution in [-0.4, -0.2) is 44.6 Å². The van der Waals surface area contributed by atoms with Crippen molar-refractivity contribution in [3.8, 4) is 0 Å². The molecule has 1 rings (SSSR count). The second-order valence-corrected chi connectivity index (χ2v) is 6.26. The van der Waals surface area contributed by atoms with Gasteiger partial charge in [0.1, 0.15) is 0 Å². The van der Waals surface area contributed by atoms with Gasteiger partial charge in [0, 0.05) is 18.5 Å². The van der Waals surface area contributed by atoms with Crippen LogP contribution < -0.4 is 10.6 Å². The van der Waals surface area contributed by atoms with E-state index in [2.05, 4.69) is 15.6 Å². The molecule has 0 spiro atoms. The van der Waals surface area contributed by atoms with E-state index >= 15 is 0 Å². The van der Waals surface area contributed by atoms with Gasteiger partial charge in [-0.1, -0.05) is 0 Å². The third-order valence-electron chi connectivity index (χ3n) is 2.54. The Morgan fingerprint density at radius 2 is 2.00 bits per heavy atom. The van der Waals surface area contributed by atoms with Crippen molar-refractivity contribution in [1.82, 2.24) is 10.3 Å². The molecule has 1 heterocycles. The zero-order valence-electron chi connectivity index (χ0n) is 11.9. The normalized spacial score (nSPS) is 11.9. The molecule has 20 heavy (non-hydrogen) atoms. The Labute approximate surface area is 120 Å². The molecule has 0 aliphatic rings. The van der Waals surface area contributed by atoms with Gasteiger partial charge in [-0.2, -0.15) is 0 Å². The largest absolute Gasteiger partial charge is 0.338 e. The number of amides is 2. The van der Waals surface area contributed by atoms with Gasteiger partial charge < -0.3 is 10.6 Å². The standard InChI is InChI=1S/C12H21N3O4S/c1-17-20(18-2,19-3)9-5-8-14-12(16)15-11-6-4-7-13-10-11/h4,6-7,10H,5,8-9H2,1-3H3,(H2,14,15,16). The van der Waals surface area contributed by atoms with E-state index in [4.69, 9.17) is 12.5 Å². The molecular formula is C12H21N3O4S. The SMILES string of the molecule is COS(CCCNC(=O)Nc1cccnc1)(OC)OC. The summed E-state index contributed by atoms with van der Waals surface area (Å²) in [7, 11) is 2.69. The number of rotatable bonds is 8. The lowest BCUT2D eigenvalue weighted by molar-refractivity contribution is 0.245. The molecule has 1 aromatic heterocycles. The number of anilines is 1. The summed E-state index contributed by atoms with van der Waals surface area (Å²) in [6, 6.07) is 3.25. The smallest absolute Gasteiger partial charge is 0.319 e. The minimum atomic E-state index is -1.95. The monoisotopic (exact) mass is 303 g/mol. The zero-order chi connectivity index (χ0) is 14.8. The Kier molecular flexibility index (Phi) is 7.31. The minimum absolute atomic E-state index is 0.272. The first kappa shape index (κ1) is 16.7. The molecule has 0 unspecified atom stereocenters. The molecule has 0 atom stereocenters. The molecule has 7 nitrogen and oxygen atoms in total. The molecule has 8 heteroatoms. The van der Waals surface area contributed by atoms with Crippen LogP contribution in [0, 0.1) is 0 Å². The summed E-state index contributed by atoms with van der Waals surface area (Å²) in [5, 5.41) is 5.43.